The topological polar surface area (TPSA) is 113 Å². The molecular formula is C14H16ClNO6. The third-order valence-corrected chi connectivity index (χ3v) is 3.01. The van der Waals surface area contributed by atoms with Gasteiger partial charge >= 0.3 is 11.9 Å². The van der Waals surface area contributed by atoms with Crippen molar-refractivity contribution in [2.45, 2.75) is 25.8 Å². The van der Waals surface area contributed by atoms with Gasteiger partial charge in [-0.2, -0.15) is 0 Å². The van der Waals surface area contributed by atoms with Gasteiger partial charge in [0.1, 0.15) is 11.8 Å². The van der Waals surface area contributed by atoms with E-state index in [9.17, 15) is 14.4 Å². The maximum absolute atomic E-state index is 11.7. The molecule has 0 radical (unpaired) electrons. The minimum atomic E-state index is -1.29. The second kappa shape index (κ2) is 8.23. The van der Waals surface area contributed by atoms with Crippen molar-refractivity contribution in [2.75, 3.05) is 6.61 Å². The molecule has 1 aromatic rings. The van der Waals surface area contributed by atoms with Crippen molar-refractivity contribution >= 4 is 29.4 Å². The molecule has 8 heteroatoms. The van der Waals surface area contributed by atoms with Crippen LogP contribution in [0.15, 0.2) is 18.2 Å². The van der Waals surface area contributed by atoms with Crippen LogP contribution in [-0.4, -0.2) is 40.7 Å². The summed E-state index contributed by atoms with van der Waals surface area (Å²) in [6, 6.07) is 3.61. The number of nitrogens with one attached hydrogen (secondary N) is 1. The summed E-state index contributed by atoms with van der Waals surface area (Å²) in [6.07, 6.45) is -0.551. The van der Waals surface area contributed by atoms with E-state index < -0.39 is 23.9 Å². The molecule has 3 N–H and O–H groups in total. The summed E-state index contributed by atoms with van der Waals surface area (Å²) in [5.74, 6) is -2.62. The smallest absolute Gasteiger partial charge is 0.326 e. The number of benzene rings is 1. The molecule has 22 heavy (non-hydrogen) atoms. The van der Waals surface area contributed by atoms with Gasteiger partial charge in [-0.3, -0.25) is 9.59 Å². The Morgan fingerprint density at radius 3 is 2.55 bits per heavy atom. The van der Waals surface area contributed by atoms with Crippen LogP contribution in [-0.2, 0) is 14.4 Å². The van der Waals surface area contributed by atoms with Gasteiger partial charge in [0.2, 0.25) is 0 Å². The molecule has 0 aliphatic heterocycles. The van der Waals surface area contributed by atoms with Crippen molar-refractivity contribution in [2.24, 2.45) is 0 Å². The number of aryl methyl sites for hydroxylation is 1. The Bertz CT molecular complexity index is 574. The lowest BCUT2D eigenvalue weighted by atomic mass is 10.1. The minimum absolute atomic E-state index is 0.198. The second-order valence-corrected chi connectivity index (χ2v) is 5.03. The SMILES string of the molecule is Cc1cc(Cl)ccc1OCC(=O)N[C@@H](CCC(=O)O)C(=O)O. The van der Waals surface area contributed by atoms with Crippen LogP contribution >= 0.6 is 11.6 Å². The third kappa shape index (κ3) is 6.01. The summed E-state index contributed by atoms with van der Waals surface area (Å²) in [6.45, 7) is 1.38. The van der Waals surface area contributed by atoms with E-state index in [2.05, 4.69) is 5.32 Å². The highest BCUT2D eigenvalue weighted by molar-refractivity contribution is 6.30. The molecule has 0 unspecified atom stereocenters. The van der Waals surface area contributed by atoms with Gasteiger partial charge < -0.3 is 20.3 Å². The van der Waals surface area contributed by atoms with E-state index >= 15 is 0 Å². The van der Waals surface area contributed by atoms with E-state index in [1.807, 2.05) is 0 Å². The predicted octanol–water partition coefficient (Wildman–Crippen LogP) is 1.46. The fraction of sp³-hybridized carbons (Fsp3) is 0.357. The van der Waals surface area contributed by atoms with E-state index in [0.717, 1.165) is 5.56 Å². The Balaban J connectivity index is 2.53. The Morgan fingerprint density at radius 2 is 2.00 bits per heavy atom. The summed E-state index contributed by atoms with van der Waals surface area (Å²) in [4.78, 5) is 33.1. The molecule has 120 valence electrons. The first-order valence-electron chi connectivity index (χ1n) is 6.42. The quantitative estimate of drug-likeness (QED) is 0.665. The number of hydrogen-bond donors (Lipinski definition) is 3. The number of hydrogen-bond acceptors (Lipinski definition) is 4. The molecule has 1 amide bonds. The molecule has 0 saturated carbocycles. The number of carboxylic acids is 2. The van der Waals surface area contributed by atoms with Crippen LogP contribution in [0.1, 0.15) is 18.4 Å². The predicted molar refractivity (Wildman–Crippen MR) is 78.1 cm³/mol. The van der Waals surface area contributed by atoms with Gasteiger partial charge in [-0.15, -0.1) is 0 Å². The number of aliphatic carboxylic acids is 2. The largest absolute Gasteiger partial charge is 0.484 e. The fourth-order valence-electron chi connectivity index (χ4n) is 1.68. The second-order valence-electron chi connectivity index (χ2n) is 4.59. The van der Waals surface area contributed by atoms with E-state index in [0.29, 0.717) is 10.8 Å². The van der Waals surface area contributed by atoms with Crippen LogP contribution in [0.4, 0.5) is 0 Å². The minimum Gasteiger partial charge on any atom is -0.484 e. The molecular weight excluding hydrogens is 314 g/mol. The number of amides is 1. The molecule has 7 nitrogen and oxygen atoms in total. The van der Waals surface area contributed by atoms with Gasteiger partial charge in [-0.25, -0.2) is 4.79 Å². The van der Waals surface area contributed by atoms with Crippen molar-refractivity contribution in [3.8, 4) is 5.75 Å². The number of ether oxygens (including phenoxy) is 1. The lowest BCUT2D eigenvalue weighted by Gasteiger charge is -2.14. The number of carboxylic acid groups (broad SMARTS) is 2. The summed E-state index contributed by atoms with van der Waals surface area (Å²) in [5.41, 5.74) is 0.737. The zero-order chi connectivity index (χ0) is 16.7. The third-order valence-electron chi connectivity index (χ3n) is 2.78. The highest BCUT2D eigenvalue weighted by Crippen LogP contribution is 2.21. The molecule has 0 aromatic heterocycles. The first-order chi connectivity index (χ1) is 10.3. The molecule has 1 aromatic carbocycles. The normalized spacial score (nSPS) is 11.5. The van der Waals surface area contributed by atoms with Crippen LogP contribution in [0.2, 0.25) is 5.02 Å². The molecule has 1 rings (SSSR count). The maximum atomic E-state index is 11.7. The molecule has 0 fully saturated rings. The molecule has 0 saturated heterocycles. The summed E-state index contributed by atoms with van der Waals surface area (Å²) >= 11 is 5.80. The zero-order valence-electron chi connectivity index (χ0n) is 11.8. The number of carbonyl (C=O) groups is 3. The standard InChI is InChI=1S/C14H16ClNO6/c1-8-6-9(15)2-4-11(8)22-7-12(17)16-10(14(20)21)3-5-13(18)19/h2,4,6,10H,3,5,7H2,1H3,(H,16,17)(H,18,19)(H,20,21)/t10-/m0/s1. The summed E-state index contributed by atoms with van der Waals surface area (Å²) in [5, 5.41) is 20.2. The van der Waals surface area contributed by atoms with E-state index in [-0.39, 0.29) is 19.4 Å². The van der Waals surface area contributed by atoms with Crippen LogP contribution in [0.25, 0.3) is 0 Å². The highest BCUT2D eigenvalue weighted by atomic mass is 35.5. The van der Waals surface area contributed by atoms with Gasteiger partial charge in [0.15, 0.2) is 6.61 Å². The summed E-state index contributed by atoms with van der Waals surface area (Å²) in [7, 11) is 0. The molecule has 0 aliphatic carbocycles. The van der Waals surface area contributed by atoms with Crippen LogP contribution in [0, 0.1) is 6.92 Å². The highest BCUT2D eigenvalue weighted by Gasteiger charge is 2.21. The molecule has 1 atom stereocenters. The van der Waals surface area contributed by atoms with Gasteiger partial charge in [-0.05, 0) is 37.1 Å². The number of halogens is 1. The average molecular weight is 330 g/mol. The van der Waals surface area contributed by atoms with Gasteiger partial charge in [-0.1, -0.05) is 11.6 Å². The molecule has 0 bridgehead atoms. The van der Waals surface area contributed by atoms with Crippen molar-refractivity contribution in [1.82, 2.24) is 5.32 Å². The average Bonchev–Trinajstić information content (AvgIpc) is 2.41. The van der Waals surface area contributed by atoms with E-state index in [1.165, 1.54) is 0 Å². The van der Waals surface area contributed by atoms with Crippen molar-refractivity contribution < 1.29 is 29.3 Å². The van der Waals surface area contributed by atoms with Crippen molar-refractivity contribution in [3.63, 3.8) is 0 Å². The first kappa shape index (κ1) is 17.8. The van der Waals surface area contributed by atoms with Crippen LogP contribution in [0.5, 0.6) is 5.75 Å². The van der Waals surface area contributed by atoms with Gasteiger partial charge in [0.25, 0.3) is 5.91 Å². The molecule has 0 heterocycles. The van der Waals surface area contributed by atoms with Crippen LogP contribution in [0.3, 0.4) is 0 Å². The van der Waals surface area contributed by atoms with Crippen molar-refractivity contribution in [3.05, 3.63) is 28.8 Å². The monoisotopic (exact) mass is 329 g/mol. The Kier molecular flexibility index (Phi) is 6.65. The molecule has 0 spiro atoms. The first-order valence-corrected chi connectivity index (χ1v) is 6.80. The van der Waals surface area contributed by atoms with E-state index in [1.54, 1.807) is 25.1 Å². The van der Waals surface area contributed by atoms with Gasteiger partial charge in [0, 0.05) is 11.4 Å². The summed E-state index contributed by atoms with van der Waals surface area (Å²) < 4.78 is 5.28. The Hall–Kier alpha value is -2.28. The van der Waals surface area contributed by atoms with Crippen LogP contribution < -0.4 is 10.1 Å². The number of carbonyl (C=O) groups excluding carboxylic acids is 1. The van der Waals surface area contributed by atoms with Crippen molar-refractivity contribution in [1.29, 1.82) is 0 Å². The lowest BCUT2D eigenvalue weighted by Crippen LogP contribution is -2.43. The number of rotatable bonds is 8. The fourth-order valence-corrected chi connectivity index (χ4v) is 1.91. The zero-order valence-corrected chi connectivity index (χ0v) is 12.6. The van der Waals surface area contributed by atoms with Gasteiger partial charge in [0.05, 0.1) is 0 Å². The lowest BCUT2D eigenvalue weighted by molar-refractivity contribution is -0.143. The Labute approximate surface area is 131 Å². The Morgan fingerprint density at radius 1 is 1.32 bits per heavy atom. The molecule has 0 aliphatic rings. The van der Waals surface area contributed by atoms with E-state index in [4.69, 9.17) is 26.6 Å². The maximum Gasteiger partial charge on any atom is 0.326 e.